The van der Waals surface area contributed by atoms with E-state index in [9.17, 15) is 9.18 Å². The van der Waals surface area contributed by atoms with Gasteiger partial charge in [0.25, 0.3) is 0 Å². The van der Waals surface area contributed by atoms with E-state index >= 15 is 0 Å². The number of amides is 1. The minimum Gasteiger partial charge on any atom is -0.492 e. The fourth-order valence-corrected chi connectivity index (χ4v) is 5.25. The molecule has 0 bridgehead atoms. The first-order valence-corrected chi connectivity index (χ1v) is 10.8. The molecule has 2 aromatic carbocycles. The molecule has 0 saturated carbocycles. The average Bonchev–Trinajstić information content (AvgIpc) is 3.09. The topological polar surface area (TPSA) is 59.8 Å². The van der Waals surface area contributed by atoms with Gasteiger partial charge in [-0.3, -0.25) is 4.79 Å². The van der Waals surface area contributed by atoms with Gasteiger partial charge in [0.15, 0.2) is 0 Å². The van der Waals surface area contributed by atoms with E-state index in [1.54, 1.807) is 4.90 Å². The van der Waals surface area contributed by atoms with E-state index in [0.29, 0.717) is 30.9 Å². The summed E-state index contributed by atoms with van der Waals surface area (Å²) < 4.78 is 19.0. The van der Waals surface area contributed by atoms with E-state index in [1.165, 1.54) is 29.4 Å². The van der Waals surface area contributed by atoms with Gasteiger partial charge in [0.2, 0.25) is 5.91 Å². The maximum absolute atomic E-state index is 13.3. The Morgan fingerprint density at radius 1 is 1.29 bits per heavy atom. The molecule has 3 aliphatic heterocycles. The van der Waals surface area contributed by atoms with E-state index in [1.807, 2.05) is 19.2 Å². The Morgan fingerprint density at radius 3 is 3.00 bits per heavy atom. The van der Waals surface area contributed by atoms with Crippen LogP contribution in [-0.4, -0.2) is 56.7 Å². The molecule has 1 amide bonds. The Bertz CT molecular complexity index is 1070. The van der Waals surface area contributed by atoms with Gasteiger partial charge in [-0.1, -0.05) is 12.1 Å². The molecule has 6 nitrogen and oxygen atoms in total. The number of para-hydroxylation sites is 1. The summed E-state index contributed by atoms with van der Waals surface area (Å²) in [6.07, 6.45) is 1.87. The van der Waals surface area contributed by atoms with Crippen LogP contribution in [0.2, 0.25) is 0 Å². The standard InChI is InChI=1S/C24H25FN4O2/c1-27-21-5-2-4-18-19-14-28(10-8-20(19)29(24(18)21)15-23(27)30)9-3-11-31-22-7-6-17(25)12-16(22)13-26/h2,4-7,12,19-20H,3,8-11,14-15H2,1H3/t19-,20-/m0/s1. The number of anilines is 2. The van der Waals surface area contributed by atoms with Crippen molar-refractivity contribution in [3.05, 3.63) is 53.3 Å². The maximum Gasteiger partial charge on any atom is 0.246 e. The van der Waals surface area contributed by atoms with E-state index in [0.717, 1.165) is 38.2 Å². The molecule has 3 heterocycles. The highest BCUT2D eigenvalue weighted by Gasteiger charge is 2.46. The first-order chi connectivity index (χ1) is 15.1. The Kier molecular flexibility index (Phi) is 5.03. The van der Waals surface area contributed by atoms with Crippen molar-refractivity contribution in [3.8, 4) is 11.8 Å². The van der Waals surface area contributed by atoms with Gasteiger partial charge < -0.3 is 19.4 Å². The lowest BCUT2D eigenvalue weighted by molar-refractivity contribution is -0.117. The molecule has 0 N–H and O–H groups in total. The number of piperidine rings is 1. The molecule has 0 radical (unpaired) electrons. The van der Waals surface area contributed by atoms with Gasteiger partial charge in [-0.05, 0) is 42.7 Å². The Balaban J connectivity index is 1.22. The van der Waals surface area contributed by atoms with Crippen LogP contribution in [0, 0.1) is 17.1 Å². The summed E-state index contributed by atoms with van der Waals surface area (Å²) in [6.45, 7) is 3.81. The Morgan fingerprint density at radius 2 is 2.16 bits per heavy atom. The van der Waals surface area contributed by atoms with Gasteiger partial charge in [-0.25, -0.2) is 4.39 Å². The lowest BCUT2D eigenvalue weighted by atomic mass is 9.89. The molecular formula is C24H25FN4O2. The number of likely N-dealkylation sites (tertiary alicyclic amines) is 1. The van der Waals surface area contributed by atoms with Crippen molar-refractivity contribution in [3.63, 3.8) is 0 Å². The quantitative estimate of drug-likeness (QED) is 0.696. The van der Waals surface area contributed by atoms with E-state index in [-0.39, 0.29) is 11.5 Å². The van der Waals surface area contributed by atoms with Crippen molar-refractivity contribution >= 4 is 17.3 Å². The SMILES string of the molecule is CN1C(=O)CN2c3c(cccc31)[C@@H]1CN(CCCOc3ccc(F)cc3C#N)CC[C@@H]12. The molecule has 2 aromatic rings. The van der Waals surface area contributed by atoms with E-state index in [4.69, 9.17) is 10.00 Å². The Labute approximate surface area is 181 Å². The number of nitriles is 1. The summed E-state index contributed by atoms with van der Waals surface area (Å²) in [7, 11) is 1.86. The number of rotatable bonds is 5. The van der Waals surface area contributed by atoms with Crippen LogP contribution in [0.3, 0.4) is 0 Å². The fourth-order valence-electron chi connectivity index (χ4n) is 5.25. The minimum atomic E-state index is -0.433. The fraction of sp³-hybridized carbons (Fsp3) is 0.417. The molecule has 1 fully saturated rings. The number of fused-ring (bicyclic) bond motifs is 3. The van der Waals surface area contributed by atoms with Crippen molar-refractivity contribution in [2.24, 2.45) is 0 Å². The van der Waals surface area contributed by atoms with Gasteiger partial charge in [0.1, 0.15) is 17.6 Å². The number of benzene rings is 2. The summed E-state index contributed by atoms with van der Waals surface area (Å²) in [5, 5.41) is 9.14. The van der Waals surface area contributed by atoms with E-state index in [2.05, 4.69) is 21.9 Å². The van der Waals surface area contributed by atoms with Crippen LogP contribution >= 0.6 is 0 Å². The number of carbonyl (C=O) groups is 1. The molecule has 0 spiro atoms. The summed E-state index contributed by atoms with van der Waals surface area (Å²) in [5.74, 6) is 0.564. The van der Waals surface area contributed by atoms with Gasteiger partial charge in [0.05, 0.1) is 30.1 Å². The number of hydrogen-bond donors (Lipinski definition) is 0. The van der Waals surface area contributed by atoms with Gasteiger partial charge in [-0.2, -0.15) is 5.26 Å². The van der Waals surface area contributed by atoms with Crippen molar-refractivity contribution in [2.75, 3.05) is 49.6 Å². The normalized spacial score (nSPS) is 22.2. The summed E-state index contributed by atoms with van der Waals surface area (Å²) in [6, 6.07) is 12.7. The molecule has 0 unspecified atom stereocenters. The molecule has 3 aliphatic rings. The molecule has 0 aromatic heterocycles. The number of carbonyl (C=O) groups excluding carboxylic acids is 1. The highest BCUT2D eigenvalue weighted by molar-refractivity contribution is 6.04. The largest absolute Gasteiger partial charge is 0.492 e. The molecule has 1 saturated heterocycles. The second-order valence-corrected chi connectivity index (χ2v) is 8.51. The van der Waals surface area contributed by atoms with Crippen LogP contribution in [-0.2, 0) is 4.79 Å². The van der Waals surface area contributed by atoms with Crippen LogP contribution in [0.5, 0.6) is 5.75 Å². The van der Waals surface area contributed by atoms with Crippen molar-refractivity contribution in [1.29, 1.82) is 5.26 Å². The summed E-state index contributed by atoms with van der Waals surface area (Å²) in [4.78, 5) is 19.0. The zero-order valence-electron chi connectivity index (χ0n) is 17.6. The van der Waals surface area contributed by atoms with Crippen molar-refractivity contribution in [1.82, 2.24) is 4.90 Å². The van der Waals surface area contributed by atoms with Gasteiger partial charge >= 0.3 is 0 Å². The molecule has 0 aliphatic carbocycles. The maximum atomic E-state index is 13.3. The minimum absolute atomic E-state index is 0.155. The predicted octanol–water partition coefficient (Wildman–Crippen LogP) is 3.12. The monoisotopic (exact) mass is 420 g/mol. The third-order valence-corrected chi connectivity index (χ3v) is 6.77. The second-order valence-electron chi connectivity index (χ2n) is 8.51. The smallest absolute Gasteiger partial charge is 0.246 e. The third kappa shape index (κ3) is 3.41. The van der Waals surface area contributed by atoms with Crippen LogP contribution in [0.15, 0.2) is 36.4 Å². The first kappa shape index (κ1) is 19.8. The van der Waals surface area contributed by atoms with Crippen LogP contribution < -0.4 is 14.5 Å². The van der Waals surface area contributed by atoms with Gasteiger partial charge in [-0.15, -0.1) is 0 Å². The number of nitrogens with zero attached hydrogens (tertiary/aromatic N) is 4. The first-order valence-electron chi connectivity index (χ1n) is 10.8. The number of halogens is 1. The highest BCUT2D eigenvalue weighted by Crippen LogP contribution is 2.50. The second kappa shape index (κ2) is 7.86. The molecule has 2 atom stereocenters. The summed E-state index contributed by atoms with van der Waals surface area (Å²) in [5.41, 5.74) is 3.85. The zero-order valence-corrected chi connectivity index (χ0v) is 17.6. The molecule has 160 valence electrons. The van der Waals surface area contributed by atoms with E-state index < -0.39 is 5.82 Å². The number of ether oxygens (including phenoxy) is 1. The van der Waals surface area contributed by atoms with Crippen molar-refractivity contribution < 1.29 is 13.9 Å². The van der Waals surface area contributed by atoms with Gasteiger partial charge in [0, 0.05) is 38.6 Å². The zero-order chi connectivity index (χ0) is 21.5. The van der Waals surface area contributed by atoms with Crippen LogP contribution in [0.25, 0.3) is 0 Å². The summed E-state index contributed by atoms with van der Waals surface area (Å²) >= 11 is 0. The van der Waals surface area contributed by atoms with Crippen LogP contribution in [0.1, 0.15) is 29.9 Å². The van der Waals surface area contributed by atoms with Crippen LogP contribution in [0.4, 0.5) is 15.8 Å². The Hall–Kier alpha value is -3.11. The lowest BCUT2D eigenvalue weighted by Gasteiger charge is -2.40. The number of hydrogen-bond acceptors (Lipinski definition) is 5. The third-order valence-electron chi connectivity index (χ3n) is 6.77. The predicted molar refractivity (Wildman–Crippen MR) is 116 cm³/mol. The molecule has 7 heteroatoms. The number of likely N-dealkylation sites (N-methyl/N-ethyl adjacent to an activating group) is 1. The molecular weight excluding hydrogens is 395 g/mol. The molecule has 31 heavy (non-hydrogen) atoms. The molecule has 5 rings (SSSR count). The lowest BCUT2D eigenvalue weighted by Crippen LogP contribution is -2.51. The highest BCUT2D eigenvalue weighted by atomic mass is 19.1. The average molecular weight is 420 g/mol. The van der Waals surface area contributed by atoms with Crippen molar-refractivity contribution in [2.45, 2.75) is 24.8 Å².